The van der Waals surface area contributed by atoms with Crippen LogP contribution in [0.5, 0.6) is 0 Å². The molecule has 3 aromatic rings. The highest BCUT2D eigenvalue weighted by atomic mass is 19.2. The molecule has 8 heteroatoms. The molecule has 0 saturated heterocycles. The lowest BCUT2D eigenvalue weighted by Crippen LogP contribution is -2.23. The van der Waals surface area contributed by atoms with Crippen LogP contribution < -0.4 is 10.6 Å². The lowest BCUT2D eigenvalue weighted by Gasteiger charge is -2.08. The van der Waals surface area contributed by atoms with E-state index < -0.39 is 29.0 Å². The Morgan fingerprint density at radius 3 is 2.14 bits per heavy atom. The van der Waals surface area contributed by atoms with Gasteiger partial charge in [0.05, 0.1) is 17.9 Å². The summed E-state index contributed by atoms with van der Waals surface area (Å²) in [6.45, 7) is 0.247. The first kappa shape index (κ1) is 19.1. The van der Waals surface area contributed by atoms with Gasteiger partial charge >= 0.3 is 0 Å². The van der Waals surface area contributed by atoms with Crippen molar-refractivity contribution in [3.05, 3.63) is 95.1 Å². The van der Waals surface area contributed by atoms with Gasteiger partial charge < -0.3 is 10.6 Å². The molecule has 0 aliphatic heterocycles. The first-order valence-electron chi connectivity index (χ1n) is 8.18. The first-order valence-corrected chi connectivity index (χ1v) is 8.18. The number of nitrogens with zero attached hydrogens (tertiary/aromatic N) is 1. The zero-order valence-electron chi connectivity index (χ0n) is 14.4. The van der Waals surface area contributed by atoms with Gasteiger partial charge in [-0.15, -0.1) is 0 Å². The predicted octanol–water partition coefficient (Wildman–Crippen LogP) is 3.68. The number of aromatic nitrogens is 1. The molecule has 0 aliphatic rings. The van der Waals surface area contributed by atoms with E-state index in [9.17, 15) is 22.8 Å². The van der Waals surface area contributed by atoms with Crippen molar-refractivity contribution in [3.8, 4) is 0 Å². The second kappa shape index (κ2) is 8.34. The molecule has 2 N–H and O–H groups in total. The van der Waals surface area contributed by atoms with E-state index in [1.807, 2.05) is 0 Å². The Hall–Kier alpha value is -3.68. The van der Waals surface area contributed by atoms with Crippen LogP contribution in [0, 0.1) is 17.5 Å². The van der Waals surface area contributed by atoms with Gasteiger partial charge in [0.15, 0.2) is 17.5 Å². The summed E-state index contributed by atoms with van der Waals surface area (Å²) in [6, 6.07) is 12.5. The molecule has 0 fully saturated rings. The van der Waals surface area contributed by atoms with Crippen LogP contribution in [0.1, 0.15) is 26.4 Å². The van der Waals surface area contributed by atoms with Gasteiger partial charge in [-0.25, -0.2) is 13.2 Å². The molecule has 0 aliphatic carbocycles. The summed E-state index contributed by atoms with van der Waals surface area (Å²) in [7, 11) is 0. The summed E-state index contributed by atoms with van der Waals surface area (Å²) >= 11 is 0. The number of benzene rings is 2. The fourth-order valence-corrected chi connectivity index (χ4v) is 2.37. The average Bonchev–Trinajstić information content (AvgIpc) is 2.73. The highest BCUT2D eigenvalue weighted by Gasteiger charge is 2.16. The van der Waals surface area contributed by atoms with Crippen LogP contribution in [-0.4, -0.2) is 16.8 Å². The van der Waals surface area contributed by atoms with Gasteiger partial charge in [-0.3, -0.25) is 14.6 Å². The van der Waals surface area contributed by atoms with Crippen molar-refractivity contribution in [1.82, 2.24) is 10.3 Å². The summed E-state index contributed by atoms with van der Waals surface area (Å²) in [5.74, 6) is -5.59. The number of hydrogen-bond donors (Lipinski definition) is 2. The number of amides is 2. The standard InChI is InChI=1S/C20H14F3N3O2/c21-15-8-9-16(18(23)17(15)22)26-20(28)13-6-4-12(5-7-13)19(27)25-11-14-3-1-2-10-24-14/h1-10H,11H2,(H,25,27)(H,26,28). The normalized spacial score (nSPS) is 10.4. The van der Waals surface area contributed by atoms with Gasteiger partial charge in [-0.05, 0) is 48.5 Å². The maximum atomic E-state index is 13.6. The molecular weight excluding hydrogens is 371 g/mol. The highest BCUT2D eigenvalue weighted by molar-refractivity contribution is 6.05. The van der Waals surface area contributed by atoms with E-state index in [4.69, 9.17) is 0 Å². The van der Waals surface area contributed by atoms with Gasteiger partial charge in [0, 0.05) is 17.3 Å². The van der Waals surface area contributed by atoms with Crippen molar-refractivity contribution in [2.24, 2.45) is 0 Å². The van der Waals surface area contributed by atoms with Crippen LogP contribution in [0.2, 0.25) is 0 Å². The fourth-order valence-electron chi connectivity index (χ4n) is 2.37. The maximum absolute atomic E-state index is 13.6. The number of nitrogens with one attached hydrogen (secondary N) is 2. The fraction of sp³-hybridized carbons (Fsp3) is 0.0500. The molecule has 0 bridgehead atoms. The Bertz CT molecular complexity index is 1010. The van der Waals surface area contributed by atoms with Gasteiger partial charge in [0.25, 0.3) is 11.8 Å². The third-order valence-corrected chi connectivity index (χ3v) is 3.85. The zero-order chi connectivity index (χ0) is 20.1. The number of carbonyl (C=O) groups excluding carboxylic acids is 2. The molecule has 142 valence electrons. The maximum Gasteiger partial charge on any atom is 0.255 e. The molecule has 0 radical (unpaired) electrons. The molecule has 2 amide bonds. The predicted molar refractivity (Wildman–Crippen MR) is 96.1 cm³/mol. The van der Waals surface area contributed by atoms with Crippen LogP contribution in [0.15, 0.2) is 60.8 Å². The zero-order valence-corrected chi connectivity index (χ0v) is 14.4. The molecule has 1 heterocycles. The Kier molecular flexibility index (Phi) is 5.69. The summed E-state index contributed by atoms with van der Waals surface area (Å²) < 4.78 is 39.8. The summed E-state index contributed by atoms with van der Waals surface area (Å²) in [4.78, 5) is 28.4. The van der Waals surface area contributed by atoms with E-state index in [0.29, 0.717) is 17.3 Å². The number of carbonyl (C=O) groups is 2. The smallest absolute Gasteiger partial charge is 0.255 e. The van der Waals surface area contributed by atoms with Crippen molar-refractivity contribution in [3.63, 3.8) is 0 Å². The van der Waals surface area contributed by atoms with E-state index in [1.54, 1.807) is 24.4 Å². The van der Waals surface area contributed by atoms with E-state index in [-0.39, 0.29) is 18.0 Å². The third-order valence-electron chi connectivity index (χ3n) is 3.85. The number of anilines is 1. The molecule has 5 nitrogen and oxygen atoms in total. The second-order valence-corrected chi connectivity index (χ2v) is 5.76. The minimum absolute atomic E-state index is 0.116. The molecule has 0 unspecified atom stereocenters. The summed E-state index contributed by atoms with van der Waals surface area (Å²) in [5, 5.41) is 4.85. The van der Waals surface area contributed by atoms with E-state index >= 15 is 0 Å². The van der Waals surface area contributed by atoms with Crippen molar-refractivity contribution in [2.45, 2.75) is 6.54 Å². The van der Waals surface area contributed by atoms with Gasteiger partial charge in [0.1, 0.15) is 0 Å². The van der Waals surface area contributed by atoms with Gasteiger partial charge in [-0.2, -0.15) is 0 Å². The monoisotopic (exact) mass is 385 g/mol. The SMILES string of the molecule is O=C(NCc1ccccn1)c1ccc(C(=O)Nc2ccc(F)c(F)c2F)cc1. The van der Waals surface area contributed by atoms with Gasteiger partial charge in [-0.1, -0.05) is 6.07 Å². The topological polar surface area (TPSA) is 71.1 Å². The molecule has 2 aromatic carbocycles. The molecule has 3 rings (SSSR count). The van der Waals surface area contributed by atoms with Crippen LogP contribution in [0.3, 0.4) is 0 Å². The Morgan fingerprint density at radius 2 is 1.50 bits per heavy atom. The number of rotatable bonds is 5. The molecular formula is C20H14F3N3O2. The van der Waals surface area contributed by atoms with Crippen LogP contribution in [0.4, 0.5) is 18.9 Å². The van der Waals surface area contributed by atoms with Crippen molar-refractivity contribution in [2.75, 3.05) is 5.32 Å². The first-order chi connectivity index (χ1) is 13.5. The minimum Gasteiger partial charge on any atom is -0.346 e. The largest absolute Gasteiger partial charge is 0.346 e. The van der Waals surface area contributed by atoms with Crippen LogP contribution >= 0.6 is 0 Å². The number of halogens is 3. The van der Waals surface area contributed by atoms with E-state index in [0.717, 1.165) is 6.07 Å². The van der Waals surface area contributed by atoms with Crippen molar-refractivity contribution < 1.29 is 22.8 Å². The lowest BCUT2D eigenvalue weighted by atomic mass is 10.1. The van der Waals surface area contributed by atoms with Crippen LogP contribution in [0.25, 0.3) is 0 Å². The van der Waals surface area contributed by atoms with Crippen molar-refractivity contribution in [1.29, 1.82) is 0 Å². The van der Waals surface area contributed by atoms with E-state index in [1.165, 1.54) is 24.3 Å². The van der Waals surface area contributed by atoms with Gasteiger partial charge in [0.2, 0.25) is 0 Å². The molecule has 0 saturated carbocycles. The molecule has 28 heavy (non-hydrogen) atoms. The van der Waals surface area contributed by atoms with Crippen LogP contribution in [-0.2, 0) is 6.54 Å². The minimum atomic E-state index is -1.67. The number of hydrogen-bond acceptors (Lipinski definition) is 3. The Labute approximate surface area is 158 Å². The third kappa shape index (κ3) is 4.35. The Balaban J connectivity index is 1.64. The lowest BCUT2D eigenvalue weighted by molar-refractivity contribution is 0.0948. The molecule has 1 aromatic heterocycles. The average molecular weight is 385 g/mol. The molecule has 0 spiro atoms. The second-order valence-electron chi connectivity index (χ2n) is 5.76. The Morgan fingerprint density at radius 1 is 0.821 bits per heavy atom. The quantitative estimate of drug-likeness (QED) is 0.658. The summed E-state index contributed by atoms with van der Waals surface area (Å²) in [5.41, 5.74) is 0.637. The molecule has 0 atom stereocenters. The summed E-state index contributed by atoms with van der Waals surface area (Å²) in [6.07, 6.45) is 1.62. The van der Waals surface area contributed by atoms with E-state index in [2.05, 4.69) is 15.6 Å². The highest BCUT2D eigenvalue weighted by Crippen LogP contribution is 2.20. The van der Waals surface area contributed by atoms with Crippen molar-refractivity contribution >= 4 is 17.5 Å². The number of pyridine rings is 1.